The number of hydrogen-bond donors (Lipinski definition) is 1. The van der Waals surface area contributed by atoms with Crippen LogP contribution in [0.5, 0.6) is 0 Å². The quantitative estimate of drug-likeness (QED) is 0.897. The van der Waals surface area contributed by atoms with Crippen LogP contribution in [0.2, 0.25) is 0 Å². The fourth-order valence-corrected chi connectivity index (χ4v) is 2.31. The van der Waals surface area contributed by atoms with Crippen LogP contribution in [0.15, 0.2) is 18.2 Å². The number of anilines is 1. The molecule has 1 aromatic carbocycles. The van der Waals surface area contributed by atoms with Crippen LogP contribution in [0.25, 0.3) is 0 Å². The fourth-order valence-electron chi connectivity index (χ4n) is 2.31. The number of carbonyl (C=O) groups excluding carboxylic acids is 1. The van der Waals surface area contributed by atoms with Gasteiger partial charge in [0, 0.05) is 5.69 Å². The maximum atomic E-state index is 12.1. The molecule has 1 atom stereocenters. The largest absolute Gasteiger partial charge is 0.481 e. The first-order valence-corrected chi connectivity index (χ1v) is 6.18. The summed E-state index contributed by atoms with van der Waals surface area (Å²) in [5.41, 5.74) is 2.85. The minimum Gasteiger partial charge on any atom is -0.481 e. The van der Waals surface area contributed by atoms with Gasteiger partial charge >= 0.3 is 5.97 Å². The van der Waals surface area contributed by atoms with Crippen LogP contribution in [0, 0.1) is 13.8 Å². The molecule has 1 unspecified atom stereocenters. The lowest BCUT2D eigenvalue weighted by Gasteiger charge is -2.35. The zero-order chi connectivity index (χ0) is 14.0. The van der Waals surface area contributed by atoms with E-state index >= 15 is 0 Å². The van der Waals surface area contributed by atoms with Gasteiger partial charge in [-0.1, -0.05) is 12.1 Å². The second kappa shape index (κ2) is 5.40. The van der Waals surface area contributed by atoms with Crippen LogP contribution in [-0.4, -0.2) is 36.2 Å². The molecule has 5 heteroatoms. The van der Waals surface area contributed by atoms with Gasteiger partial charge in [-0.05, 0) is 31.0 Å². The number of aliphatic carboxylic acids is 1. The molecular weight excluding hydrogens is 246 g/mol. The molecule has 1 aliphatic heterocycles. The highest BCUT2D eigenvalue weighted by atomic mass is 16.5. The Kier molecular flexibility index (Phi) is 3.85. The maximum absolute atomic E-state index is 12.1. The molecule has 0 saturated carbocycles. The smallest absolute Gasteiger partial charge is 0.305 e. The summed E-state index contributed by atoms with van der Waals surface area (Å²) in [6, 6.07) is 5.24. The number of aryl methyl sites for hydroxylation is 1. The summed E-state index contributed by atoms with van der Waals surface area (Å²) in [4.78, 5) is 24.5. The van der Waals surface area contributed by atoms with Crippen molar-refractivity contribution in [2.75, 3.05) is 18.1 Å². The maximum Gasteiger partial charge on any atom is 0.305 e. The number of nitrogens with zero attached hydrogens (tertiary/aromatic N) is 1. The molecule has 1 aliphatic rings. The summed E-state index contributed by atoms with van der Waals surface area (Å²) in [5.74, 6) is -1.12. The summed E-state index contributed by atoms with van der Waals surface area (Å²) in [5, 5.41) is 8.95. The third-order valence-electron chi connectivity index (χ3n) is 3.42. The third-order valence-corrected chi connectivity index (χ3v) is 3.42. The monoisotopic (exact) mass is 263 g/mol. The van der Waals surface area contributed by atoms with Gasteiger partial charge in [-0.2, -0.15) is 0 Å². The molecule has 102 valence electrons. The Morgan fingerprint density at radius 1 is 1.47 bits per heavy atom. The van der Waals surface area contributed by atoms with E-state index in [2.05, 4.69) is 0 Å². The number of hydrogen-bond acceptors (Lipinski definition) is 3. The minimum absolute atomic E-state index is 0.00347. The van der Waals surface area contributed by atoms with Crippen molar-refractivity contribution < 1.29 is 19.4 Å². The van der Waals surface area contributed by atoms with Gasteiger partial charge in [-0.3, -0.25) is 9.59 Å². The van der Waals surface area contributed by atoms with Crippen molar-refractivity contribution >= 4 is 17.6 Å². The molecule has 0 aliphatic carbocycles. The van der Waals surface area contributed by atoms with Gasteiger partial charge in [0.25, 0.3) is 5.91 Å². The predicted octanol–water partition coefficient (Wildman–Crippen LogP) is 1.51. The Hall–Kier alpha value is -1.88. The van der Waals surface area contributed by atoms with E-state index < -0.39 is 12.0 Å². The zero-order valence-electron chi connectivity index (χ0n) is 11.0. The molecule has 0 radical (unpaired) electrons. The van der Waals surface area contributed by atoms with Gasteiger partial charge in [-0.15, -0.1) is 0 Å². The second-order valence-corrected chi connectivity index (χ2v) is 4.75. The molecule has 1 saturated heterocycles. The van der Waals surface area contributed by atoms with E-state index in [9.17, 15) is 9.59 Å². The van der Waals surface area contributed by atoms with E-state index in [1.54, 1.807) is 4.90 Å². The van der Waals surface area contributed by atoms with Crippen molar-refractivity contribution in [2.24, 2.45) is 0 Å². The molecular formula is C14H17NO4. The van der Waals surface area contributed by atoms with Crippen molar-refractivity contribution in [1.29, 1.82) is 0 Å². The Labute approximate surface area is 111 Å². The molecule has 1 amide bonds. The van der Waals surface area contributed by atoms with Crippen LogP contribution in [0.3, 0.4) is 0 Å². The standard InChI is InChI=1S/C14H17NO4/c1-9-4-3-5-12(10(9)2)15-11(6-14(17)18)7-19-8-13(15)16/h3-5,11H,6-8H2,1-2H3,(H,17,18). The van der Waals surface area contributed by atoms with E-state index in [0.29, 0.717) is 0 Å². The van der Waals surface area contributed by atoms with E-state index in [4.69, 9.17) is 9.84 Å². The van der Waals surface area contributed by atoms with Gasteiger partial charge in [-0.25, -0.2) is 0 Å². The van der Waals surface area contributed by atoms with Gasteiger partial charge in [0.1, 0.15) is 6.61 Å². The SMILES string of the molecule is Cc1cccc(N2C(=O)COCC2CC(=O)O)c1C. The summed E-state index contributed by atoms with van der Waals surface area (Å²) in [6.45, 7) is 4.16. The summed E-state index contributed by atoms with van der Waals surface area (Å²) < 4.78 is 5.16. The molecule has 0 aromatic heterocycles. The highest BCUT2D eigenvalue weighted by molar-refractivity contribution is 5.97. The normalized spacial score (nSPS) is 19.6. The average Bonchev–Trinajstić information content (AvgIpc) is 2.33. The summed E-state index contributed by atoms with van der Waals surface area (Å²) in [7, 11) is 0. The van der Waals surface area contributed by atoms with Crippen molar-refractivity contribution in [3.05, 3.63) is 29.3 Å². The van der Waals surface area contributed by atoms with Crippen molar-refractivity contribution in [3.8, 4) is 0 Å². The number of carboxylic acid groups (broad SMARTS) is 1. The fraction of sp³-hybridized carbons (Fsp3) is 0.429. The van der Waals surface area contributed by atoms with Crippen LogP contribution >= 0.6 is 0 Å². The lowest BCUT2D eigenvalue weighted by atomic mass is 10.0. The third kappa shape index (κ3) is 2.76. The second-order valence-electron chi connectivity index (χ2n) is 4.75. The zero-order valence-corrected chi connectivity index (χ0v) is 11.0. The van der Waals surface area contributed by atoms with Crippen molar-refractivity contribution in [2.45, 2.75) is 26.3 Å². The number of amides is 1. The van der Waals surface area contributed by atoms with Crippen molar-refractivity contribution in [3.63, 3.8) is 0 Å². The highest BCUT2D eigenvalue weighted by Gasteiger charge is 2.32. The van der Waals surface area contributed by atoms with Crippen LogP contribution in [0.1, 0.15) is 17.5 Å². The number of ether oxygens (including phenoxy) is 1. The van der Waals surface area contributed by atoms with Gasteiger partial charge in [0.2, 0.25) is 0 Å². The van der Waals surface area contributed by atoms with Gasteiger partial charge < -0.3 is 14.7 Å². The minimum atomic E-state index is -0.932. The summed E-state index contributed by atoms with van der Waals surface area (Å²) in [6.07, 6.45) is -0.112. The van der Waals surface area contributed by atoms with E-state index in [1.807, 2.05) is 32.0 Å². The lowest BCUT2D eigenvalue weighted by Crippen LogP contribution is -2.50. The van der Waals surface area contributed by atoms with Crippen LogP contribution in [-0.2, 0) is 14.3 Å². The Bertz CT molecular complexity index is 512. The molecule has 19 heavy (non-hydrogen) atoms. The molecule has 1 fully saturated rings. The number of benzene rings is 1. The van der Waals surface area contributed by atoms with E-state index in [-0.39, 0.29) is 25.5 Å². The Balaban J connectivity index is 2.39. The first-order chi connectivity index (χ1) is 9.00. The van der Waals surface area contributed by atoms with Crippen molar-refractivity contribution in [1.82, 2.24) is 0 Å². The van der Waals surface area contributed by atoms with Gasteiger partial charge in [0.05, 0.1) is 19.1 Å². The predicted molar refractivity (Wildman–Crippen MR) is 70.3 cm³/mol. The van der Waals surface area contributed by atoms with Gasteiger partial charge in [0.15, 0.2) is 0 Å². The number of morpholine rings is 1. The van der Waals surface area contributed by atoms with Crippen LogP contribution in [0.4, 0.5) is 5.69 Å². The average molecular weight is 263 g/mol. The number of carboxylic acids is 1. The molecule has 0 bridgehead atoms. The molecule has 1 N–H and O–H groups in total. The number of rotatable bonds is 3. The van der Waals surface area contributed by atoms with Crippen LogP contribution < -0.4 is 4.90 Å². The molecule has 1 aromatic rings. The summed E-state index contributed by atoms with van der Waals surface area (Å²) >= 11 is 0. The Morgan fingerprint density at radius 3 is 2.89 bits per heavy atom. The lowest BCUT2D eigenvalue weighted by molar-refractivity contribution is -0.138. The topological polar surface area (TPSA) is 66.8 Å². The first-order valence-electron chi connectivity index (χ1n) is 6.18. The first kappa shape index (κ1) is 13.5. The van der Waals surface area contributed by atoms with E-state index in [0.717, 1.165) is 16.8 Å². The molecule has 5 nitrogen and oxygen atoms in total. The molecule has 1 heterocycles. The van der Waals surface area contributed by atoms with E-state index in [1.165, 1.54) is 0 Å². The molecule has 0 spiro atoms. The Morgan fingerprint density at radius 2 is 2.21 bits per heavy atom. The number of carbonyl (C=O) groups is 2. The molecule has 2 rings (SSSR count). The highest BCUT2D eigenvalue weighted by Crippen LogP contribution is 2.27.